The molecule has 6 heteroatoms. The third-order valence-electron chi connectivity index (χ3n) is 2.30. The van der Waals surface area contributed by atoms with Crippen molar-refractivity contribution in [3.05, 3.63) is 22.2 Å². The Morgan fingerprint density at radius 2 is 2.11 bits per heavy atom. The summed E-state index contributed by atoms with van der Waals surface area (Å²) in [5.74, 6) is 1.39. The van der Waals surface area contributed by atoms with Gasteiger partial charge in [-0.15, -0.1) is 0 Å². The lowest BCUT2D eigenvalue weighted by molar-refractivity contribution is -0.384. The predicted octanol–water partition coefficient (Wildman–Crippen LogP) is 2.88. The van der Waals surface area contributed by atoms with Gasteiger partial charge >= 0.3 is 5.69 Å². The second-order valence-electron chi connectivity index (χ2n) is 4.52. The molecule has 0 unspecified atom stereocenters. The van der Waals surface area contributed by atoms with E-state index in [1.165, 1.54) is 6.07 Å². The summed E-state index contributed by atoms with van der Waals surface area (Å²) in [5, 5.41) is 17.0. The van der Waals surface area contributed by atoms with Crippen LogP contribution in [0.5, 0.6) is 0 Å². The van der Waals surface area contributed by atoms with Crippen molar-refractivity contribution in [2.75, 3.05) is 23.7 Å². The molecule has 0 aliphatic rings. The van der Waals surface area contributed by atoms with Crippen LogP contribution in [0.3, 0.4) is 0 Å². The zero-order valence-electron chi connectivity index (χ0n) is 11.1. The van der Waals surface area contributed by atoms with E-state index in [0.29, 0.717) is 24.1 Å². The van der Waals surface area contributed by atoms with E-state index < -0.39 is 4.92 Å². The molecule has 1 aromatic rings. The summed E-state index contributed by atoms with van der Waals surface area (Å²) in [7, 11) is 0. The zero-order valence-corrected chi connectivity index (χ0v) is 11.1. The maximum Gasteiger partial charge on any atom is 0.311 e. The van der Waals surface area contributed by atoms with Crippen molar-refractivity contribution in [3.63, 3.8) is 0 Å². The highest BCUT2D eigenvalue weighted by Gasteiger charge is 2.15. The summed E-state index contributed by atoms with van der Waals surface area (Å²) in [6.45, 7) is 7.59. The first-order chi connectivity index (χ1) is 8.54. The van der Waals surface area contributed by atoms with E-state index in [2.05, 4.69) is 22.5 Å². The maximum atomic E-state index is 10.9. The van der Waals surface area contributed by atoms with Crippen LogP contribution >= 0.6 is 0 Å². The lowest BCUT2D eigenvalue weighted by Crippen LogP contribution is -2.12. The smallest absolute Gasteiger partial charge is 0.311 e. The first kappa shape index (κ1) is 14.2. The molecule has 0 radical (unpaired) electrons. The fourth-order valence-corrected chi connectivity index (χ4v) is 1.38. The van der Waals surface area contributed by atoms with E-state index >= 15 is 0 Å². The predicted molar refractivity (Wildman–Crippen MR) is 73.0 cm³/mol. The van der Waals surface area contributed by atoms with Gasteiger partial charge in [0, 0.05) is 19.2 Å². The zero-order chi connectivity index (χ0) is 13.5. The maximum absolute atomic E-state index is 10.9. The molecule has 0 fully saturated rings. The van der Waals surface area contributed by atoms with Crippen molar-refractivity contribution in [1.82, 2.24) is 4.98 Å². The van der Waals surface area contributed by atoms with Crippen molar-refractivity contribution in [1.29, 1.82) is 0 Å². The largest absolute Gasteiger partial charge is 0.370 e. The van der Waals surface area contributed by atoms with Crippen molar-refractivity contribution in [2.45, 2.75) is 27.2 Å². The summed E-state index contributed by atoms with van der Waals surface area (Å²) < 4.78 is 0. The lowest BCUT2D eigenvalue weighted by Gasteiger charge is -2.10. The highest BCUT2D eigenvalue weighted by molar-refractivity contribution is 5.60. The van der Waals surface area contributed by atoms with Gasteiger partial charge in [0.25, 0.3) is 0 Å². The normalized spacial score (nSPS) is 10.4. The summed E-state index contributed by atoms with van der Waals surface area (Å²) in [5.41, 5.74) is 0.0118. The van der Waals surface area contributed by atoms with Crippen molar-refractivity contribution < 1.29 is 4.92 Å². The van der Waals surface area contributed by atoms with Crippen molar-refractivity contribution in [3.8, 4) is 0 Å². The minimum Gasteiger partial charge on any atom is -0.370 e. The number of nitro groups is 1. The van der Waals surface area contributed by atoms with E-state index in [1.54, 1.807) is 6.07 Å². The number of hydrogen-bond donors (Lipinski definition) is 2. The molecule has 0 aliphatic heterocycles. The molecule has 100 valence electrons. The van der Waals surface area contributed by atoms with Gasteiger partial charge in [0.15, 0.2) is 0 Å². The summed E-state index contributed by atoms with van der Waals surface area (Å²) in [6.07, 6.45) is 0.980. The average Bonchev–Trinajstić information content (AvgIpc) is 2.33. The van der Waals surface area contributed by atoms with E-state index in [1.807, 2.05) is 13.8 Å². The van der Waals surface area contributed by atoms with E-state index in [9.17, 15) is 10.1 Å². The fraction of sp³-hybridized carbons (Fsp3) is 0.583. The number of anilines is 2. The SMILES string of the molecule is CCCNc1ccc([N+](=O)[O-])c(NCC(C)C)n1. The molecule has 0 saturated heterocycles. The van der Waals surface area contributed by atoms with Gasteiger partial charge in [-0.2, -0.15) is 0 Å². The summed E-state index contributed by atoms with van der Waals surface area (Å²) in [4.78, 5) is 14.7. The molecule has 1 heterocycles. The van der Waals surface area contributed by atoms with Crippen LogP contribution in [0.1, 0.15) is 27.2 Å². The topological polar surface area (TPSA) is 80.1 Å². The molecule has 0 atom stereocenters. The third kappa shape index (κ3) is 4.20. The van der Waals surface area contributed by atoms with Crippen LogP contribution in [0.4, 0.5) is 17.3 Å². The second kappa shape index (κ2) is 6.78. The molecular weight excluding hydrogens is 232 g/mol. The van der Waals surface area contributed by atoms with Crippen LogP contribution in [0.25, 0.3) is 0 Å². The van der Waals surface area contributed by atoms with E-state index in [0.717, 1.165) is 13.0 Å². The minimum absolute atomic E-state index is 0.0118. The number of hydrogen-bond acceptors (Lipinski definition) is 5. The fourth-order valence-electron chi connectivity index (χ4n) is 1.38. The molecule has 0 amide bonds. The molecule has 6 nitrogen and oxygen atoms in total. The van der Waals surface area contributed by atoms with Gasteiger partial charge in [0.1, 0.15) is 5.82 Å². The van der Waals surface area contributed by atoms with Crippen LogP contribution in [-0.2, 0) is 0 Å². The Labute approximate surface area is 107 Å². The molecule has 0 aliphatic carbocycles. The minimum atomic E-state index is -0.417. The number of rotatable bonds is 7. The highest BCUT2D eigenvalue weighted by Crippen LogP contribution is 2.24. The summed E-state index contributed by atoms with van der Waals surface area (Å²) in [6, 6.07) is 3.11. The van der Waals surface area contributed by atoms with E-state index in [4.69, 9.17) is 0 Å². The highest BCUT2D eigenvalue weighted by atomic mass is 16.6. The van der Waals surface area contributed by atoms with Gasteiger partial charge < -0.3 is 10.6 Å². The number of pyridine rings is 1. The van der Waals surface area contributed by atoms with Crippen LogP contribution < -0.4 is 10.6 Å². The van der Waals surface area contributed by atoms with E-state index in [-0.39, 0.29) is 5.69 Å². The molecule has 0 saturated carbocycles. The molecule has 0 spiro atoms. The van der Waals surface area contributed by atoms with Crippen LogP contribution in [0, 0.1) is 16.0 Å². The first-order valence-electron chi connectivity index (χ1n) is 6.17. The molecule has 1 aromatic heterocycles. The van der Waals surface area contributed by atoms with Crippen LogP contribution in [-0.4, -0.2) is 23.0 Å². The van der Waals surface area contributed by atoms with Gasteiger partial charge in [-0.1, -0.05) is 20.8 Å². The second-order valence-corrected chi connectivity index (χ2v) is 4.52. The Kier molecular flexibility index (Phi) is 5.35. The Bertz CT molecular complexity index is 407. The quantitative estimate of drug-likeness (QED) is 0.576. The molecule has 0 aromatic carbocycles. The Hall–Kier alpha value is -1.85. The number of nitrogens with zero attached hydrogens (tertiary/aromatic N) is 2. The number of nitrogens with one attached hydrogen (secondary N) is 2. The average molecular weight is 252 g/mol. The Balaban J connectivity index is 2.88. The van der Waals surface area contributed by atoms with Crippen molar-refractivity contribution >= 4 is 17.3 Å². The van der Waals surface area contributed by atoms with Gasteiger partial charge in [0.2, 0.25) is 5.82 Å². The molecule has 1 rings (SSSR count). The van der Waals surface area contributed by atoms with Crippen LogP contribution in [0.15, 0.2) is 12.1 Å². The van der Waals surface area contributed by atoms with Gasteiger partial charge in [-0.05, 0) is 18.4 Å². The Morgan fingerprint density at radius 1 is 1.39 bits per heavy atom. The molecule has 0 bridgehead atoms. The third-order valence-corrected chi connectivity index (χ3v) is 2.30. The monoisotopic (exact) mass is 252 g/mol. The molecular formula is C12H20N4O2. The number of aromatic nitrogens is 1. The van der Waals surface area contributed by atoms with Gasteiger partial charge in [0.05, 0.1) is 4.92 Å². The summed E-state index contributed by atoms with van der Waals surface area (Å²) >= 11 is 0. The van der Waals surface area contributed by atoms with Gasteiger partial charge in [-0.3, -0.25) is 10.1 Å². The Morgan fingerprint density at radius 3 is 2.67 bits per heavy atom. The first-order valence-corrected chi connectivity index (χ1v) is 6.17. The standard InChI is InChI=1S/C12H20N4O2/c1-4-7-13-11-6-5-10(16(17)18)12(15-11)14-8-9(2)3/h5-6,9H,4,7-8H2,1-3H3,(H2,13,14,15). The molecule has 18 heavy (non-hydrogen) atoms. The van der Waals surface area contributed by atoms with Crippen molar-refractivity contribution in [2.24, 2.45) is 5.92 Å². The van der Waals surface area contributed by atoms with Crippen LogP contribution in [0.2, 0.25) is 0 Å². The molecule has 2 N–H and O–H groups in total. The lowest BCUT2D eigenvalue weighted by atomic mass is 10.2. The van der Waals surface area contributed by atoms with Gasteiger partial charge in [-0.25, -0.2) is 4.98 Å².